The minimum atomic E-state index is -0.268. The van der Waals surface area contributed by atoms with Crippen molar-refractivity contribution in [3.8, 4) is 0 Å². The van der Waals surface area contributed by atoms with Crippen molar-refractivity contribution in [2.24, 2.45) is 10.2 Å². The molecule has 0 radical (unpaired) electrons. The average molecular weight is 383 g/mol. The fourth-order valence-corrected chi connectivity index (χ4v) is 3.66. The number of hydrogen-bond donors (Lipinski definition) is 2. The van der Waals surface area contributed by atoms with Gasteiger partial charge in [0.05, 0.1) is 18.1 Å². The number of rotatable bonds is 6. The normalized spacial score (nSPS) is 11.3. The molecule has 0 unspecified atom stereocenters. The van der Waals surface area contributed by atoms with E-state index >= 15 is 0 Å². The summed E-state index contributed by atoms with van der Waals surface area (Å²) in [6.45, 7) is 4.08. The number of carbonyl (C=O) groups is 1. The molecule has 1 amide bonds. The quantitative estimate of drug-likeness (QED) is 0.482. The second-order valence-corrected chi connectivity index (χ2v) is 8.19. The summed E-state index contributed by atoms with van der Waals surface area (Å²) in [6, 6.07) is 15.2. The molecule has 0 fully saturated rings. The molecule has 0 aliphatic heterocycles. The van der Waals surface area contributed by atoms with Gasteiger partial charge in [-0.25, -0.2) is 5.43 Å². The molecule has 0 aliphatic rings. The lowest BCUT2D eigenvalue weighted by molar-refractivity contribution is 0.0955. The van der Waals surface area contributed by atoms with Crippen molar-refractivity contribution in [2.45, 2.75) is 13.8 Å². The van der Waals surface area contributed by atoms with Gasteiger partial charge in [-0.2, -0.15) is 10.2 Å². The molecule has 2 aromatic heterocycles. The molecular formula is C19H18N4OS2. The minimum Gasteiger partial charge on any atom is -0.278 e. The van der Waals surface area contributed by atoms with Crippen LogP contribution < -0.4 is 10.9 Å². The van der Waals surface area contributed by atoms with Gasteiger partial charge in [-0.05, 0) is 56.3 Å². The Hall–Kier alpha value is -2.77. The molecule has 3 aromatic rings. The van der Waals surface area contributed by atoms with Crippen LogP contribution in [0.15, 0.2) is 58.7 Å². The largest absolute Gasteiger partial charge is 0.278 e. The molecule has 0 saturated heterocycles. The molecule has 132 valence electrons. The van der Waals surface area contributed by atoms with E-state index in [1.165, 1.54) is 9.75 Å². The van der Waals surface area contributed by atoms with Crippen molar-refractivity contribution in [3.63, 3.8) is 0 Å². The fraction of sp³-hybridized carbons (Fsp3) is 0.105. The highest BCUT2D eigenvalue weighted by molar-refractivity contribution is 7.13. The van der Waals surface area contributed by atoms with E-state index in [0.717, 1.165) is 15.4 Å². The first-order valence-electron chi connectivity index (χ1n) is 7.95. The second kappa shape index (κ2) is 8.55. The Morgan fingerprint density at radius 2 is 1.58 bits per heavy atom. The van der Waals surface area contributed by atoms with Crippen LogP contribution in [0.5, 0.6) is 0 Å². The van der Waals surface area contributed by atoms with Crippen LogP contribution in [0.25, 0.3) is 0 Å². The molecule has 2 N–H and O–H groups in total. The highest BCUT2D eigenvalue weighted by Gasteiger charge is 2.05. The van der Waals surface area contributed by atoms with Crippen LogP contribution in [0, 0.1) is 13.8 Å². The zero-order valence-electron chi connectivity index (χ0n) is 14.4. The Morgan fingerprint density at radius 1 is 0.923 bits per heavy atom. The highest BCUT2D eigenvalue weighted by atomic mass is 32.1. The average Bonchev–Trinajstić information content (AvgIpc) is 3.23. The first-order chi connectivity index (χ1) is 12.6. The van der Waals surface area contributed by atoms with Gasteiger partial charge < -0.3 is 0 Å². The van der Waals surface area contributed by atoms with Crippen LogP contribution in [0.2, 0.25) is 0 Å². The summed E-state index contributed by atoms with van der Waals surface area (Å²) in [6.07, 6.45) is 3.41. The van der Waals surface area contributed by atoms with Crippen molar-refractivity contribution in [1.82, 2.24) is 5.43 Å². The Morgan fingerprint density at radius 3 is 2.19 bits per heavy atom. The van der Waals surface area contributed by atoms with Gasteiger partial charge in [0.15, 0.2) is 0 Å². The highest BCUT2D eigenvalue weighted by Crippen LogP contribution is 2.14. The van der Waals surface area contributed by atoms with E-state index in [-0.39, 0.29) is 5.91 Å². The first-order valence-corrected chi connectivity index (χ1v) is 9.59. The number of carbonyl (C=O) groups excluding carboxylic acids is 1. The zero-order valence-corrected chi connectivity index (χ0v) is 16.0. The molecule has 5 nitrogen and oxygen atoms in total. The number of hydrazone groups is 2. The second-order valence-electron chi connectivity index (χ2n) is 5.55. The Labute approximate surface area is 160 Å². The molecule has 0 saturated carbocycles. The first kappa shape index (κ1) is 18.0. The van der Waals surface area contributed by atoms with E-state index in [4.69, 9.17) is 0 Å². The Balaban J connectivity index is 1.58. The summed E-state index contributed by atoms with van der Waals surface area (Å²) in [5.41, 5.74) is 6.73. The molecule has 7 heteroatoms. The lowest BCUT2D eigenvalue weighted by Gasteiger charge is -2.03. The van der Waals surface area contributed by atoms with Gasteiger partial charge in [-0.1, -0.05) is 6.07 Å². The number of aryl methyl sites for hydroxylation is 2. The minimum absolute atomic E-state index is 0.268. The van der Waals surface area contributed by atoms with Crippen LogP contribution in [0.3, 0.4) is 0 Å². The molecule has 0 spiro atoms. The maximum absolute atomic E-state index is 12.2. The number of nitrogens with zero attached hydrogens (tertiary/aromatic N) is 2. The van der Waals surface area contributed by atoms with E-state index in [0.29, 0.717) is 5.56 Å². The molecule has 26 heavy (non-hydrogen) atoms. The number of amides is 1. The van der Waals surface area contributed by atoms with Crippen LogP contribution in [-0.2, 0) is 0 Å². The van der Waals surface area contributed by atoms with Gasteiger partial charge in [0, 0.05) is 25.1 Å². The summed E-state index contributed by atoms with van der Waals surface area (Å²) < 4.78 is 0. The van der Waals surface area contributed by atoms with Gasteiger partial charge in [0.1, 0.15) is 0 Å². The smallest absolute Gasteiger partial charge is 0.271 e. The van der Waals surface area contributed by atoms with Crippen LogP contribution in [-0.4, -0.2) is 18.3 Å². The molecule has 1 aromatic carbocycles. The summed E-state index contributed by atoms with van der Waals surface area (Å²) in [7, 11) is 0. The molecule has 3 rings (SSSR count). The summed E-state index contributed by atoms with van der Waals surface area (Å²) >= 11 is 3.29. The van der Waals surface area contributed by atoms with E-state index < -0.39 is 0 Å². The SMILES string of the molecule is Cc1ccc(/C=N/NC(=O)c2cccc(N/N=C/c3ccc(C)s3)c2)s1. The van der Waals surface area contributed by atoms with Gasteiger partial charge in [-0.15, -0.1) is 22.7 Å². The topological polar surface area (TPSA) is 65.8 Å². The van der Waals surface area contributed by atoms with Crippen LogP contribution in [0.4, 0.5) is 5.69 Å². The number of hydrogen-bond acceptors (Lipinski definition) is 6. The van der Waals surface area contributed by atoms with E-state index in [9.17, 15) is 4.79 Å². The predicted octanol–water partition coefficient (Wildman–Crippen LogP) is 4.64. The molecule has 2 heterocycles. The van der Waals surface area contributed by atoms with E-state index in [1.807, 2.05) is 31.2 Å². The molecule has 0 atom stereocenters. The third kappa shape index (κ3) is 5.11. The number of anilines is 1. The van der Waals surface area contributed by atoms with E-state index in [2.05, 4.69) is 34.0 Å². The Kier molecular flexibility index (Phi) is 5.93. The third-order valence-corrected chi connectivity index (χ3v) is 5.26. The van der Waals surface area contributed by atoms with Gasteiger partial charge in [-0.3, -0.25) is 10.2 Å². The lowest BCUT2D eigenvalue weighted by atomic mass is 10.2. The van der Waals surface area contributed by atoms with Crippen LogP contribution in [0.1, 0.15) is 29.9 Å². The fourth-order valence-electron chi connectivity index (χ4n) is 2.17. The van der Waals surface area contributed by atoms with Crippen molar-refractivity contribution < 1.29 is 4.79 Å². The summed E-state index contributed by atoms with van der Waals surface area (Å²) in [4.78, 5) is 16.7. The lowest BCUT2D eigenvalue weighted by Crippen LogP contribution is -2.17. The maximum atomic E-state index is 12.2. The predicted molar refractivity (Wildman–Crippen MR) is 111 cm³/mol. The van der Waals surface area contributed by atoms with E-state index in [1.54, 1.807) is 53.3 Å². The number of benzene rings is 1. The summed E-state index contributed by atoms with van der Waals surface area (Å²) in [5, 5.41) is 8.21. The van der Waals surface area contributed by atoms with Crippen molar-refractivity contribution in [3.05, 3.63) is 73.6 Å². The van der Waals surface area contributed by atoms with Crippen molar-refractivity contribution in [1.29, 1.82) is 0 Å². The van der Waals surface area contributed by atoms with Crippen molar-refractivity contribution in [2.75, 3.05) is 5.43 Å². The molecule has 0 bridgehead atoms. The standard InChI is InChI=1S/C19H18N4OS2/c1-13-6-8-17(25-13)11-20-22-16-5-3-4-15(10-16)19(24)23-21-12-18-9-7-14(2)26-18/h3-12,22H,1-2H3,(H,23,24)/b20-11+,21-12+. The number of thiophene rings is 2. The zero-order chi connectivity index (χ0) is 18.4. The monoisotopic (exact) mass is 382 g/mol. The summed E-state index contributed by atoms with van der Waals surface area (Å²) in [5.74, 6) is -0.268. The number of nitrogens with one attached hydrogen (secondary N) is 2. The Bertz CT molecular complexity index is 956. The molecular weight excluding hydrogens is 364 g/mol. The van der Waals surface area contributed by atoms with Crippen molar-refractivity contribution >= 4 is 46.7 Å². The van der Waals surface area contributed by atoms with Gasteiger partial charge in [0.2, 0.25) is 0 Å². The molecule has 0 aliphatic carbocycles. The maximum Gasteiger partial charge on any atom is 0.271 e. The van der Waals surface area contributed by atoms with Gasteiger partial charge in [0.25, 0.3) is 5.91 Å². The van der Waals surface area contributed by atoms with Crippen LogP contribution >= 0.6 is 22.7 Å². The van der Waals surface area contributed by atoms with Gasteiger partial charge >= 0.3 is 0 Å². The third-order valence-electron chi connectivity index (χ3n) is 3.39.